The van der Waals surface area contributed by atoms with Crippen LogP contribution in [0.25, 0.3) is 0 Å². The third kappa shape index (κ3) is 5.22. The summed E-state index contributed by atoms with van der Waals surface area (Å²) >= 11 is 0. The van der Waals surface area contributed by atoms with Gasteiger partial charge in [0.05, 0.1) is 0 Å². The highest BCUT2D eigenvalue weighted by molar-refractivity contribution is 5.87. The van der Waals surface area contributed by atoms with E-state index in [1.54, 1.807) is 9.80 Å². The summed E-state index contributed by atoms with van der Waals surface area (Å²) in [7, 11) is 0. The highest BCUT2D eigenvalue weighted by Crippen LogP contribution is 2.19. The monoisotopic (exact) mass is 339 g/mol. The molecule has 1 aromatic carbocycles. The Morgan fingerprint density at radius 2 is 1.96 bits per heavy atom. The van der Waals surface area contributed by atoms with Gasteiger partial charge in [0.15, 0.2) is 0 Å². The second-order valence-corrected chi connectivity index (χ2v) is 5.72. The molecule has 2 N–H and O–H groups in total. The normalized spacial score (nSPS) is 16.8. The van der Waals surface area contributed by atoms with E-state index in [1.807, 2.05) is 18.2 Å². The van der Waals surface area contributed by atoms with Gasteiger partial charge in [0.25, 0.3) is 0 Å². The number of hydrogen-bond donors (Lipinski definition) is 1. The van der Waals surface area contributed by atoms with Gasteiger partial charge in [0.1, 0.15) is 6.04 Å². The molecule has 2 amide bonds. The van der Waals surface area contributed by atoms with Crippen LogP contribution >= 0.6 is 12.4 Å². The standard InChI is InChI=1S/C17H25N3O2.ClH/c1-14(21)20-11-5-8-16(20)17(22)19(13-10-18)12-9-15-6-3-2-4-7-15;/h2-4,6-7,16H,5,8-13,18H2,1H3;1H. The number of halogens is 1. The highest BCUT2D eigenvalue weighted by atomic mass is 35.5. The van der Waals surface area contributed by atoms with Crippen LogP contribution in [0.2, 0.25) is 0 Å². The second kappa shape index (κ2) is 9.53. The SMILES string of the molecule is CC(=O)N1CCCC1C(=O)N(CCN)CCc1ccccc1.Cl. The number of carbonyl (C=O) groups excluding carboxylic acids is 2. The summed E-state index contributed by atoms with van der Waals surface area (Å²) in [6.07, 6.45) is 2.45. The molecule has 23 heavy (non-hydrogen) atoms. The van der Waals surface area contributed by atoms with Crippen molar-refractivity contribution in [2.45, 2.75) is 32.2 Å². The second-order valence-electron chi connectivity index (χ2n) is 5.72. The molecule has 0 aliphatic carbocycles. The molecule has 1 aliphatic heterocycles. The minimum atomic E-state index is -0.306. The zero-order valence-corrected chi connectivity index (χ0v) is 14.4. The summed E-state index contributed by atoms with van der Waals surface area (Å²) < 4.78 is 0. The highest BCUT2D eigenvalue weighted by Gasteiger charge is 2.34. The van der Waals surface area contributed by atoms with Crippen molar-refractivity contribution in [1.29, 1.82) is 0 Å². The topological polar surface area (TPSA) is 66.6 Å². The van der Waals surface area contributed by atoms with Crippen LogP contribution < -0.4 is 5.73 Å². The molecule has 1 heterocycles. The zero-order valence-electron chi connectivity index (χ0n) is 13.6. The number of nitrogens with two attached hydrogens (primary N) is 1. The molecule has 1 aromatic rings. The fourth-order valence-electron chi connectivity index (χ4n) is 3.01. The average molecular weight is 340 g/mol. The van der Waals surface area contributed by atoms with Crippen molar-refractivity contribution in [3.05, 3.63) is 35.9 Å². The van der Waals surface area contributed by atoms with Gasteiger partial charge in [-0.15, -0.1) is 12.4 Å². The van der Waals surface area contributed by atoms with Gasteiger partial charge < -0.3 is 15.5 Å². The van der Waals surface area contributed by atoms with E-state index in [1.165, 1.54) is 12.5 Å². The summed E-state index contributed by atoms with van der Waals surface area (Å²) in [6.45, 7) is 3.83. The molecule has 0 bridgehead atoms. The molecule has 1 fully saturated rings. The Morgan fingerprint density at radius 1 is 1.26 bits per heavy atom. The Balaban J connectivity index is 0.00000264. The number of hydrogen-bond acceptors (Lipinski definition) is 3. The van der Waals surface area contributed by atoms with E-state index in [0.717, 1.165) is 19.3 Å². The predicted octanol–water partition coefficient (Wildman–Crippen LogP) is 1.45. The number of likely N-dealkylation sites (tertiary alicyclic amines) is 1. The maximum absolute atomic E-state index is 12.7. The molecule has 1 aliphatic rings. The first-order valence-corrected chi connectivity index (χ1v) is 7.93. The quantitative estimate of drug-likeness (QED) is 0.853. The molecule has 1 unspecified atom stereocenters. The van der Waals surface area contributed by atoms with Crippen LogP contribution in [0.3, 0.4) is 0 Å². The molecular formula is C17H26ClN3O2. The fraction of sp³-hybridized carbons (Fsp3) is 0.529. The number of nitrogens with zero attached hydrogens (tertiary/aromatic N) is 2. The lowest BCUT2D eigenvalue weighted by Gasteiger charge is -2.29. The lowest BCUT2D eigenvalue weighted by molar-refractivity contribution is -0.142. The summed E-state index contributed by atoms with van der Waals surface area (Å²) in [4.78, 5) is 27.9. The summed E-state index contributed by atoms with van der Waals surface area (Å²) in [6, 6.07) is 9.79. The Bertz CT molecular complexity index is 510. The first-order chi connectivity index (χ1) is 10.6. The maximum Gasteiger partial charge on any atom is 0.245 e. The Morgan fingerprint density at radius 3 is 2.57 bits per heavy atom. The number of rotatable bonds is 6. The van der Waals surface area contributed by atoms with E-state index in [4.69, 9.17) is 5.73 Å². The van der Waals surface area contributed by atoms with Crippen molar-refractivity contribution in [2.24, 2.45) is 5.73 Å². The third-order valence-electron chi connectivity index (χ3n) is 4.17. The van der Waals surface area contributed by atoms with Crippen LogP contribution in [0.5, 0.6) is 0 Å². The van der Waals surface area contributed by atoms with Crippen LogP contribution in [-0.2, 0) is 16.0 Å². The molecular weight excluding hydrogens is 314 g/mol. The first kappa shape index (κ1) is 19.5. The Kier molecular flexibility index (Phi) is 8.06. The number of carbonyl (C=O) groups is 2. The van der Waals surface area contributed by atoms with Crippen molar-refractivity contribution < 1.29 is 9.59 Å². The van der Waals surface area contributed by atoms with Crippen LogP contribution in [0.1, 0.15) is 25.3 Å². The van der Waals surface area contributed by atoms with Crippen molar-refractivity contribution in [1.82, 2.24) is 9.80 Å². The third-order valence-corrected chi connectivity index (χ3v) is 4.17. The van der Waals surface area contributed by atoms with Crippen molar-refractivity contribution >= 4 is 24.2 Å². The molecule has 2 rings (SSSR count). The van der Waals surface area contributed by atoms with E-state index in [9.17, 15) is 9.59 Å². The molecule has 6 heteroatoms. The predicted molar refractivity (Wildman–Crippen MR) is 93.4 cm³/mol. The molecule has 128 valence electrons. The van der Waals surface area contributed by atoms with E-state index in [2.05, 4.69) is 12.1 Å². The Labute approximate surface area is 144 Å². The Hall–Kier alpha value is -1.59. The van der Waals surface area contributed by atoms with E-state index >= 15 is 0 Å². The summed E-state index contributed by atoms with van der Waals surface area (Å²) in [5.74, 6) is 0.0145. The van der Waals surface area contributed by atoms with Crippen molar-refractivity contribution in [2.75, 3.05) is 26.2 Å². The van der Waals surface area contributed by atoms with Gasteiger partial charge in [-0.25, -0.2) is 0 Å². The molecule has 0 spiro atoms. The number of amides is 2. The first-order valence-electron chi connectivity index (χ1n) is 7.93. The minimum absolute atomic E-state index is 0. The van der Waals surface area contributed by atoms with Crippen molar-refractivity contribution in [3.8, 4) is 0 Å². The average Bonchev–Trinajstić information content (AvgIpc) is 3.01. The van der Waals surface area contributed by atoms with E-state index in [0.29, 0.717) is 26.2 Å². The fourth-order valence-corrected chi connectivity index (χ4v) is 3.01. The largest absolute Gasteiger partial charge is 0.339 e. The van der Waals surface area contributed by atoms with Crippen LogP contribution in [0, 0.1) is 0 Å². The summed E-state index contributed by atoms with van der Waals surface area (Å²) in [5, 5.41) is 0. The lowest BCUT2D eigenvalue weighted by atomic mass is 10.1. The molecule has 5 nitrogen and oxygen atoms in total. The zero-order chi connectivity index (χ0) is 15.9. The summed E-state index contributed by atoms with van der Waals surface area (Å²) in [5.41, 5.74) is 6.86. The minimum Gasteiger partial charge on any atom is -0.339 e. The van der Waals surface area contributed by atoms with Crippen LogP contribution in [0.15, 0.2) is 30.3 Å². The molecule has 0 aromatic heterocycles. The van der Waals surface area contributed by atoms with E-state index in [-0.39, 0.29) is 30.3 Å². The number of benzene rings is 1. The molecule has 1 saturated heterocycles. The molecule has 0 saturated carbocycles. The molecule has 0 radical (unpaired) electrons. The van der Waals surface area contributed by atoms with Gasteiger partial charge >= 0.3 is 0 Å². The van der Waals surface area contributed by atoms with Gasteiger partial charge in [-0.3, -0.25) is 9.59 Å². The van der Waals surface area contributed by atoms with Gasteiger partial charge in [-0.1, -0.05) is 30.3 Å². The van der Waals surface area contributed by atoms with Crippen LogP contribution in [0.4, 0.5) is 0 Å². The molecule has 1 atom stereocenters. The van der Waals surface area contributed by atoms with Gasteiger partial charge in [-0.05, 0) is 24.8 Å². The van der Waals surface area contributed by atoms with Gasteiger partial charge in [0.2, 0.25) is 11.8 Å². The van der Waals surface area contributed by atoms with E-state index < -0.39 is 0 Å². The smallest absolute Gasteiger partial charge is 0.245 e. The lowest BCUT2D eigenvalue weighted by Crippen LogP contribution is -2.49. The maximum atomic E-state index is 12.7. The van der Waals surface area contributed by atoms with Gasteiger partial charge in [0, 0.05) is 33.1 Å². The van der Waals surface area contributed by atoms with Gasteiger partial charge in [-0.2, -0.15) is 0 Å². The van der Waals surface area contributed by atoms with Crippen LogP contribution in [-0.4, -0.2) is 53.8 Å². The van der Waals surface area contributed by atoms with Crippen molar-refractivity contribution in [3.63, 3.8) is 0 Å².